The molecule has 3 heterocycles. The third-order valence-corrected chi connectivity index (χ3v) is 6.91. The quantitative estimate of drug-likeness (QED) is 0.669. The summed E-state index contributed by atoms with van der Waals surface area (Å²) in [4.78, 5) is 38.4. The molecule has 158 valence electrons. The second kappa shape index (κ2) is 9.80. The molecule has 29 heavy (non-hydrogen) atoms. The zero-order chi connectivity index (χ0) is 21.0. The summed E-state index contributed by atoms with van der Waals surface area (Å²) in [5, 5.41) is 5.91. The van der Waals surface area contributed by atoms with Gasteiger partial charge in [0.15, 0.2) is 0 Å². The fourth-order valence-corrected chi connectivity index (χ4v) is 5.05. The van der Waals surface area contributed by atoms with E-state index in [-0.39, 0.29) is 17.9 Å². The van der Waals surface area contributed by atoms with Gasteiger partial charge in [-0.15, -0.1) is 22.7 Å². The Hall–Kier alpha value is -1.80. The van der Waals surface area contributed by atoms with Crippen molar-refractivity contribution in [3.63, 3.8) is 0 Å². The van der Waals surface area contributed by atoms with Crippen molar-refractivity contribution in [1.82, 2.24) is 19.8 Å². The smallest absolute Gasteiger partial charge is 0.228 e. The summed E-state index contributed by atoms with van der Waals surface area (Å²) in [5.41, 5.74) is 1.71. The molecule has 8 heteroatoms. The minimum Gasteiger partial charge on any atom is -0.342 e. The van der Waals surface area contributed by atoms with Gasteiger partial charge in [-0.2, -0.15) is 0 Å². The topological polar surface area (TPSA) is 66.4 Å². The van der Waals surface area contributed by atoms with E-state index in [1.807, 2.05) is 34.4 Å². The summed E-state index contributed by atoms with van der Waals surface area (Å²) in [6.07, 6.45) is 2.75. The average Bonchev–Trinajstić information content (AvgIpc) is 3.27. The van der Waals surface area contributed by atoms with E-state index in [0.717, 1.165) is 40.8 Å². The number of hydrogen-bond donors (Lipinski definition) is 0. The molecule has 6 nitrogen and oxygen atoms in total. The first kappa shape index (κ1) is 21.9. The summed E-state index contributed by atoms with van der Waals surface area (Å²) >= 11 is 3.16. The molecular formula is C21H30N4O2S2. The molecule has 3 rings (SSSR count). The number of rotatable bonds is 7. The van der Waals surface area contributed by atoms with Gasteiger partial charge in [0.2, 0.25) is 11.8 Å². The van der Waals surface area contributed by atoms with Crippen LogP contribution in [0.4, 0.5) is 0 Å². The summed E-state index contributed by atoms with van der Waals surface area (Å²) in [7, 11) is 0. The van der Waals surface area contributed by atoms with Crippen molar-refractivity contribution in [3.05, 3.63) is 32.2 Å². The Morgan fingerprint density at radius 2 is 1.76 bits per heavy atom. The van der Waals surface area contributed by atoms with E-state index in [1.165, 1.54) is 0 Å². The lowest BCUT2D eigenvalue weighted by molar-refractivity contribution is -0.134. The molecule has 0 radical (unpaired) electrons. The lowest BCUT2D eigenvalue weighted by atomic mass is 9.96. The number of likely N-dealkylation sites (tertiary alicyclic amines) is 1. The Morgan fingerprint density at radius 3 is 2.31 bits per heavy atom. The van der Waals surface area contributed by atoms with Gasteiger partial charge in [-0.25, -0.2) is 9.97 Å². The number of piperidine rings is 1. The maximum atomic E-state index is 12.9. The molecule has 2 aromatic heterocycles. The van der Waals surface area contributed by atoms with Crippen molar-refractivity contribution in [2.75, 3.05) is 19.6 Å². The van der Waals surface area contributed by atoms with Gasteiger partial charge in [0.05, 0.1) is 34.2 Å². The Bertz CT molecular complexity index is 845. The van der Waals surface area contributed by atoms with E-state index < -0.39 is 0 Å². The van der Waals surface area contributed by atoms with E-state index in [9.17, 15) is 9.59 Å². The normalized spacial score (nSPS) is 17.0. The second-order valence-corrected chi connectivity index (χ2v) is 10.2. The molecule has 2 amide bonds. The molecule has 1 saturated heterocycles. The lowest BCUT2D eigenvalue weighted by Crippen LogP contribution is -2.47. The molecule has 0 spiro atoms. The van der Waals surface area contributed by atoms with Gasteiger partial charge in [-0.1, -0.05) is 0 Å². The predicted molar refractivity (Wildman–Crippen MR) is 117 cm³/mol. The lowest BCUT2D eigenvalue weighted by Gasteiger charge is -2.37. The summed E-state index contributed by atoms with van der Waals surface area (Å²) in [6.45, 7) is 10.2. The number of aryl methyl sites for hydroxylation is 2. The van der Waals surface area contributed by atoms with Crippen molar-refractivity contribution < 1.29 is 9.59 Å². The number of amides is 2. The van der Waals surface area contributed by atoms with Gasteiger partial charge in [-0.05, 0) is 46.5 Å². The minimum atomic E-state index is 0.117. The van der Waals surface area contributed by atoms with Crippen LogP contribution in [-0.2, 0) is 22.4 Å². The fraction of sp³-hybridized carbons (Fsp3) is 0.619. The molecule has 0 N–H and O–H groups in total. The highest BCUT2D eigenvalue weighted by Crippen LogP contribution is 2.21. The molecule has 0 unspecified atom stereocenters. The number of carbonyl (C=O) groups is 2. The van der Waals surface area contributed by atoms with Crippen molar-refractivity contribution >= 4 is 34.5 Å². The van der Waals surface area contributed by atoms with Crippen LogP contribution in [0.1, 0.15) is 48.1 Å². The highest BCUT2D eigenvalue weighted by molar-refractivity contribution is 7.09. The van der Waals surface area contributed by atoms with E-state index >= 15 is 0 Å². The van der Waals surface area contributed by atoms with Crippen molar-refractivity contribution in [1.29, 1.82) is 0 Å². The third-order valence-electron chi connectivity index (χ3n) is 5.27. The van der Waals surface area contributed by atoms with E-state index in [4.69, 9.17) is 0 Å². The number of carbonyl (C=O) groups excluding carboxylic acids is 2. The van der Waals surface area contributed by atoms with Crippen LogP contribution in [0.25, 0.3) is 0 Å². The third kappa shape index (κ3) is 6.09. The van der Waals surface area contributed by atoms with Gasteiger partial charge in [-0.3, -0.25) is 9.59 Å². The van der Waals surface area contributed by atoms with Crippen LogP contribution in [0.3, 0.4) is 0 Å². The van der Waals surface area contributed by atoms with Gasteiger partial charge >= 0.3 is 0 Å². The molecule has 2 aromatic rings. The monoisotopic (exact) mass is 434 g/mol. The standard InChI is InChI=1S/C21H30N4O2S2/c1-14(2)25(21(27)9-19-13-29-16(4)23-19)11-17-6-5-7-24(10-17)20(26)8-18-12-28-15(3)22-18/h12-14,17H,5-11H2,1-4H3/t17-/m0/s1. The average molecular weight is 435 g/mol. The van der Waals surface area contributed by atoms with E-state index in [1.54, 1.807) is 22.7 Å². The Kier molecular flexibility index (Phi) is 7.40. The molecule has 0 bridgehead atoms. The Morgan fingerprint density at radius 1 is 1.14 bits per heavy atom. The maximum Gasteiger partial charge on any atom is 0.228 e. The molecule has 1 atom stereocenters. The highest BCUT2D eigenvalue weighted by atomic mass is 32.1. The van der Waals surface area contributed by atoms with Crippen LogP contribution in [0.2, 0.25) is 0 Å². The van der Waals surface area contributed by atoms with Crippen molar-refractivity contribution in [3.8, 4) is 0 Å². The number of thiazole rings is 2. The van der Waals surface area contributed by atoms with Gasteiger partial charge in [0.25, 0.3) is 0 Å². The molecule has 0 aromatic carbocycles. The summed E-state index contributed by atoms with van der Waals surface area (Å²) in [6, 6.07) is 0.131. The second-order valence-electron chi connectivity index (χ2n) is 8.06. The fourth-order valence-electron chi connectivity index (χ4n) is 3.82. The zero-order valence-corrected chi connectivity index (χ0v) is 19.3. The zero-order valence-electron chi connectivity index (χ0n) is 17.7. The molecule has 0 aliphatic carbocycles. The summed E-state index contributed by atoms with van der Waals surface area (Å²) < 4.78 is 0. The van der Waals surface area contributed by atoms with Gasteiger partial charge in [0, 0.05) is 36.4 Å². The molecule has 1 fully saturated rings. The molecule has 0 saturated carbocycles. The van der Waals surface area contributed by atoms with Crippen LogP contribution < -0.4 is 0 Å². The predicted octanol–water partition coefficient (Wildman–Crippen LogP) is 3.48. The van der Waals surface area contributed by atoms with Crippen LogP contribution in [0, 0.1) is 19.8 Å². The van der Waals surface area contributed by atoms with Crippen molar-refractivity contribution in [2.45, 2.75) is 59.4 Å². The number of hydrogen-bond acceptors (Lipinski definition) is 6. The first-order chi connectivity index (χ1) is 13.8. The van der Waals surface area contributed by atoms with Crippen LogP contribution in [0.15, 0.2) is 10.8 Å². The number of nitrogens with zero attached hydrogens (tertiary/aromatic N) is 4. The largest absolute Gasteiger partial charge is 0.342 e. The number of aromatic nitrogens is 2. The van der Waals surface area contributed by atoms with Crippen LogP contribution in [-0.4, -0.2) is 57.3 Å². The van der Waals surface area contributed by atoms with Gasteiger partial charge < -0.3 is 9.80 Å². The summed E-state index contributed by atoms with van der Waals surface area (Å²) in [5.74, 6) is 0.570. The van der Waals surface area contributed by atoms with Gasteiger partial charge in [0.1, 0.15) is 0 Å². The molecule has 1 aliphatic heterocycles. The van der Waals surface area contributed by atoms with E-state index in [0.29, 0.717) is 31.8 Å². The first-order valence-corrected chi connectivity index (χ1v) is 12.0. The molecule has 1 aliphatic rings. The minimum absolute atomic E-state index is 0.117. The maximum absolute atomic E-state index is 12.9. The SMILES string of the molecule is Cc1nc(CC(=O)N2CCC[C@H](CN(C(=O)Cc3csc(C)n3)C(C)C)C2)cs1. The molecular weight excluding hydrogens is 404 g/mol. The van der Waals surface area contributed by atoms with Crippen LogP contribution >= 0.6 is 22.7 Å². The Balaban J connectivity index is 1.57. The highest BCUT2D eigenvalue weighted by Gasteiger charge is 2.28. The van der Waals surface area contributed by atoms with E-state index in [2.05, 4.69) is 23.8 Å². The van der Waals surface area contributed by atoms with Crippen molar-refractivity contribution in [2.24, 2.45) is 5.92 Å². The Labute approximate surface area is 181 Å². The first-order valence-electron chi connectivity index (χ1n) is 10.2. The van der Waals surface area contributed by atoms with Crippen LogP contribution in [0.5, 0.6) is 0 Å².